The zero-order valence-corrected chi connectivity index (χ0v) is 17.9. The van der Waals surface area contributed by atoms with Crippen molar-refractivity contribution in [2.75, 3.05) is 19.8 Å². The van der Waals surface area contributed by atoms with Gasteiger partial charge < -0.3 is 19.9 Å². The number of nitriles is 1. The van der Waals surface area contributed by atoms with Crippen molar-refractivity contribution in [1.29, 1.82) is 5.26 Å². The first-order valence-electron chi connectivity index (χ1n) is 10.7. The van der Waals surface area contributed by atoms with Gasteiger partial charge in [-0.15, -0.1) is 5.10 Å². The van der Waals surface area contributed by atoms with Gasteiger partial charge in [-0.1, -0.05) is 12.1 Å². The fourth-order valence-corrected chi connectivity index (χ4v) is 4.36. The van der Waals surface area contributed by atoms with Crippen molar-refractivity contribution in [3.05, 3.63) is 70.8 Å². The molecule has 0 saturated carbocycles. The number of ether oxygens (including phenoxy) is 3. The normalized spacial score (nSPS) is 19.6. The highest BCUT2D eigenvalue weighted by atomic mass is 16.5. The lowest BCUT2D eigenvalue weighted by molar-refractivity contribution is 0.0510. The molecule has 0 radical (unpaired) electrons. The summed E-state index contributed by atoms with van der Waals surface area (Å²) in [6, 6.07) is 9.73. The number of allylic oxidation sites excluding steroid dienone is 1. The monoisotopic (exact) mass is 446 g/mol. The van der Waals surface area contributed by atoms with Gasteiger partial charge in [0.25, 0.3) is 0 Å². The van der Waals surface area contributed by atoms with Crippen molar-refractivity contribution in [2.45, 2.75) is 25.2 Å². The highest BCUT2D eigenvalue weighted by Crippen LogP contribution is 2.45. The molecule has 5 rings (SSSR count). The van der Waals surface area contributed by atoms with Crippen molar-refractivity contribution in [3.63, 3.8) is 0 Å². The van der Waals surface area contributed by atoms with Gasteiger partial charge in [0.15, 0.2) is 0 Å². The summed E-state index contributed by atoms with van der Waals surface area (Å²) in [7, 11) is 0. The second-order valence-electron chi connectivity index (χ2n) is 7.77. The van der Waals surface area contributed by atoms with Gasteiger partial charge in [-0.3, -0.25) is 9.67 Å². The smallest absolute Gasteiger partial charge is 0.374 e. The largest absolute Gasteiger partial charge is 0.460 e. The van der Waals surface area contributed by atoms with Crippen molar-refractivity contribution >= 4 is 5.97 Å². The molecule has 2 aromatic heterocycles. The molecule has 4 heterocycles. The highest BCUT2D eigenvalue weighted by molar-refractivity contribution is 5.86. The third-order valence-corrected chi connectivity index (χ3v) is 5.91. The van der Waals surface area contributed by atoms with Crippen LogP contribution < -0.4 is 10.5 Å². The molecule has 2 aliphatic rings. The lowest BCUT2D eigenvalue weighted by Crippen LogP contribution is -2.22. The van der Waals surface area contributed by atoms with E-state index in [9.17, 15) is 10.1 Å². The van der Waals surface area contributed by atoms with Gasteiger partial charge in [0.2, 0.25) is 17.6 Å². The number of carbonyl (C=O) groups is 1. The molecule has 3 N–H and O–H groups in total. The molecule has 0 spiro atoms. The Balaban J connectivity index is 1.55. The third-order valence-electron chi connectivity index (χ3n) is 5.91. The quantitative estimate of drug-likeness (QED) is 0.570. The Morgan fingerprint density at radius 1 is 1.39 bits per heavy atom. The summed E-state index contributed by atoms with van der Waals surface area (Å²) >= 11 is 0. The Morgan fingerprint density at radius 3 is 2.91 bits per heavy atom. The van der Waals surface area contributed by atoms with Gasteiger partial charge >= 0.3 is 5.97 Å². The average Bonchev–Trinajstić information content (AvgIpc) is 3.58. The Bertz CT molecular complexity index is 1260. The minimum Gasteiger partial charge on any atom is -0.460 e. The van der Waals surface area contributed by atoms with Crippen molar-refractivity contribution in [1.82, 2.24) is 19.7 Å². The first-order chi connectivity index (χ1) is 16.1. The van der Waals surface area contributed by atoms with Crippen molar-refractivity contribution in [2.24, 2.45) is 5.73 Å². The number of hydrogen-bond donors (Lipinski definition) is 2. The Kier molecular flexibility index (Phi) is 5.32. The number of nitrogens with one attached hydrogen (secondary N) is 1. The van der Waals surface area contributed by atoms with Gasteiger partial charge in [0, 0.05) is 36.3 Å². The molecule has 33 heavy (non-hydrogen) atoms. The van der Waals surface area contributed by atoms with E-state index in [1.54, 1.807) is 23.9 Å². The van der Waals surface area contributed by atoms with Gasteiger partial charge in [-0.25, -0.2) is 9.78 Å². The van der Waals surface area contributed by atoms with E-state index in [1.165, 1.54) is 0 Å². The van der Waals surface area contributed by atoms with E-state index >= 15 is 0 Å². The summed E-state index contributed by atoms with van der Waals surface area (Å²) in [5, 5.41) is 17.3. The van der Waals surface area contributed by atoms with Gasteiger partial charge in [0.1, 0.15) is 11.6 Å². The summed E-state index contributed by atoms with van der Waals surface area (Å²) in [5.41, 5.74) is 9.69. The SMILES string of the molecule is CCOC(=O)c1nccn1-c1ccc(C2C(C#N)=C(N)Oc3n[nH]c(C4CCOC4)c32)cc1. The van der Waals surface area contributed by atoms with E-state index in [0.717, 1.165) is 28.9 Å². The number of carbonyl (C=O) groups excluding carboxylic acids is 1. The molecule has 168 valence electrons. The molecule has 1 aromatic carbocycles. The summed E-state index contributed by atoms with van der Waals surface area (Å²) < 4.78 is 18.0. The minimum absolute atomic E-state index is 0.0407. The Morgan fingerprint density at radius 2 is 2.21 bits per heavy atom. The number of rotatable bonds is 5. The van der Waals surface area contributed by atoms with Gasteiger partial charge in [-0.05, 0) is 31.0 Å². The molecule has 1 fully saturated rings. The van der Waals surface area contributed by atoms with Crippen LogP contribution in [0, 0.1) is 11.3 Å². The number of imidazole rings is 1. The molecular weight excluding hydrogens is 424 g/mol. The van der Waals surface area contributed by atoms with Crippen LogP contribution in [-0.4, -0.2) is 45.5 Å². The van der Waals surface area contributed by atoms with Crippen LogP contribution in [0.4, 0.5) is 0 Å². The lowest BCUT2D eigenvalue weighted by Gasteiger charge is -2.25. The molecule has 2 atom stereocenters. The van der Waals surface area contributed by atoms with E-state index in [1.807, 2.05) is 24.3 Å². The van der Waals surface area contributed by atoms with Crippen LogP contribution in [0.2, 0.25) is 0 Å². The maximum Gasteiger partial charge on any atom is 0.374 e. The van der Waals surface area contributed by atoms with Crippen LogP contribution in [0.25, 0.3) is 5.69 Å². The second kappa shape index (κ2) is 8.44. The highest BCUT2D eigenvalue weighted by Gasteiger charge is 2.37. The zero-order valence-electron chi connectivity index (χ0n) is 17.9. The van der Waals surface area contributed by atoms with Crippen molar-refractivity contribution < 1.29 is 19.0 Å². The molecule has 2 aliphatic heterocycles. The predicted molar refractivity (Wildman–Crippen MR) is 116 cm³/mol. The number of fused-ring (bicyclic) bond motifs is 1. The number of H-pyrrole nitrogens is 1. The summed E-state index contributed by atoms with van der Waals surface area (Å²) in [6.07, 6.45) is 4.10. The zero-order chi connectivity index (χ0) is 22.9. The first-order valence-corrected chi connectivity index (χ1v) is 10.7. The van der Waals surface area contributed by atoms with E-state index in [-0.39, 0.29) is 24.2 Å². The molecule has 10 nitrogen and oxygen atoms in total. The van der Waals surface area contributed by atoms with Gasteiger partial charge in [0.05, 0.1) is 24.7 Å². The molecule has 10 heteroatoms. The van der Waals surface area contributed by atoms with E-state index < -0.39 is 11.9 Å². The number of aromatic nitrogens is 4. The molecule has 0 aliphatic carbocycles. The summed E-state index contributed by atoms with van der Waals surface area (Å²) in [4.78, 5) is 16.3. The molecule has 2 unspecified atom stereocenters. The third kappa shape index (κ3) is 3.52. The lowest BCUT2D eigenvalue weighted by atomic mass is 9.82. The topological polar surface area (TPSA) is 141 Å². The summed E-state index contributed by atoms with van der Waals surface area (Å²) in [6.45, 7) is 3.27. The Hall–Kier alpha value is -4.10. The molecule has 0 bridgehead atoms. The van der Waals surface area contributed by atoms with E-state index in [4.69, 9.17) is 19.9 Å². The van der Waals surface area contributed by atoms with E-state index in [0.29, 0.717) is 24.7 Å². The molecule has 1 saturated heterocycles. The van der Waals surface area contributed by atoms with Gasteiger partial charge in [-0.2, -0.15) is 5.26 Å². The molecule has 3 aromatic rings. The number of aromatic amines is 1. The average molecular weight is 446 g/mol. The van der Waals surface area contributed by atoms with Crippen LogP contribution in [0.5, 0.6) is 5.88 Å². The predicted octanol–water partition coefficient (Wildman–Crippen LogP) is 2.49. The maximum absolute atomic E-state index is 12.2. The van der Waals surface area contributed by atoms with Crippen LogP contribution in [-0.2, 0) is 9.47 Å². The maximum atomic E-state index is 12.2. The van der Waals surface area contributed by atoms with Crippen LogP contribution in [0.1, 0.15) is 52.6 Å². The first kappa shape index (κ1) is 20.8. The number of nitrogens with zero attached hydrogens (tertiary/aromatic N) is 4. The number of nitrogens with two attached hydrogens (primary N) is 1. The fraction of sp³-hybridized carbons (Fsp3) is 0.304. The number of hydrogen-bond acceptors (Lipinski definition) is 8. The van der Waals surface area contributed by atoms with E-state index in [2.05, 4.69) is 21.3 Å². The standard InChI is InChI=1S/C23H22N6O4/c1-2-32-23(30)21-26-8-9-29(21)15-5-3-13(4-6-15)17-16(11-24)20(25)33-22-18(17)19(27-28-22)14-7-10-31-12-14/h3-6,8-9,14,17H,2,7,10,12,25H2,1H3,(H,27,28). The fourth-order valence-electron chi connectivity index (χ4n) is 4.36. The van der Waals surface area contributed by atoms with Crippen LogP contribution in [0.15, 0.2) is 48.1 Å². The summed E-state index contributed by atoms with van der Waals surface area (Å²) in [5.74, 6) is -0.178. The van der Waals surface area contributed by atoms with Crippen LogP contribution >= 0.6 is 0 Å². The van der Waals surface area contributed by atoms with Crippen molar-refractivity contribution in [3.8, 4) is 17.6 Å². The molecular formula is C23H22N6O4. The Labute approximate surface area is 189 Å². The number of esters is 1. The number of benzene rings is 1. The molecule has 0 amide bonds. The second-order valence-corrected chi connectivity index (χ2v) is 7.77. The van der Waals surface area contributed by atoms with Crippen LogP contribution in [0.3, 0.4) is 0 Å². The minimum atomic E-state index is -0.495.